The van der Waals surface area contributed by atoms with Crippen LogP contribution in [0.4, 0.5) is 16.2 Å². The van der Waals surface area contributed by atoms with Gasteiger partial charge in [0, 0.05) is 25.3 Å². The lowest BCUT2D eigenvalue weighted by atomic mass is 10.1. The molecule has 0 aliphatic carbocycles. The Bertz CT molecular complexity index is 1160. The van der Waals surface area contributed by atoms with Gasteiger partial charge in [0.1, 0.15) is 11.5 Å². The number of urea groups is 1. The second-order valence-electron chi connectivity index (χ2n) is 9.53. The summed E-state index contributed by atoms with van der Waals surface area (Å²) in [7, 11) is -2.37. The van der Waals surface area contributed by atoms with Crippen LogP contribution in [0.3, 0.4) is 0 Å². The number of hydrogen-bond acceptors (Lipinski definition) is 6. The third-order valence-corrected chi connectivity index (χ3v) is 7.18. The van der Waals surface area contributed by atoms with E-state index >= 15 is 0 Å². The number of sulfonamides is 1. The van der Waals surface area contributed by atoms with Gasteiger partial charge in [0.05, 0.1) is 10.6 Å². The van der Waals surface area contributed by atoms with Crippen LogP contribution in [0.1, 0.15) is 71.1 Å². The third kappa shape index (κ3) is 12.0. The summed E-state index contributed by atoms with van der Waals surface area (Å²) in [4.78, 5) is 26.2. The maximum atomic E-state index is 12.8. The van der Waals surface area contributed by atoms with Gasteiger partial charge in [-0.15, -0.1) is 0 Å². The van der Waals surface area contributed by atoms with Crippen molar-refractivity contribution in [3.63, 3.8) is 0 Å². The lowest BCUT2D eigenvalue weighted by Crippen LogP contribution is -2.32. The molecule has 11 heteroatoms. The van der Waals surface area contributed by atoms with E-state index in [-0.39, 0.29) is 34.6 Å². The molecule has 0 atom stereocenters. The Hall–Kier alpha value is -3.31. The summed E-state index contributed by atoms with van der Waals surface area (Å²) in [6.45, 7) is 2.57. The van der Waals surface area contributed by atoms with Crippen molar-refractivity contribution in [2.75, 3.05) is 30.4 Å². The SMILES string of the molecule is CCCCCCCCCCCCNC(=O)COc1ccc(O)cc1N(C)C(=O)Nc1ccc(S(N)(=O)=O)cc1. The zero-order valence-corrected chi connectivity index (χ0v) is 23.8. The molecule has 0 aliphatic rings. The number of phenolic OH excluding ortho intramolecular Hbond substituents is 1. The zero-order valence-electron chi connectivity index (χ0n) is 22.9. The molecule has 0 aliphatic heterocycles. The number of anilines is 2. The zero-order chi connectivity index (χ0) is 28.7. The van der Waals surface area contributed by atoms with Crippen LogP contribution >= 0.6 is 0 Å². The number of hydrogen-bond donors (Lipinski definition) is 4. The average Bonchev–Trinajstić information content (AvgIpc) is 2.90. The van der Waals surface area contributed by atoms with Crippen molar-refractivity contribution in [3.8, 4) is 11.5 Å². The fourth-order valence-electron chi connectivity index (χ4n) is 3.97. The third-order valence-electron chi connectivity index (χ3n) is 6.25. The highest BCUT2D eigenvalue weighted by Crippen LogP contribution is 2.32. The lowest BCUT2D eigenvalue weighted by Gasteiger charge is -2.21. The predicted molar refractivity (Wildman–Crippen MR) is 154 cm³/mol. The molecule has 0 saturated heterocycles. The molecular formula is C28H42N4O6S. The van der Waals surface area contributed by atoms with Crippen molar-refractivity contribution in [2.45, 2.75) is 76.0 Å². The molecule has 5 N–H and O–H groups in total. The normalized spacial score (nSPS) is 11.2. The smallest absolute Gasteiger partial charge is 0.326 e. The van der Waals surface area contributed by atoms with Crippen LogP contribution < -0.4 is 25.4 Å². The van der Waals surface area contributed by atoms with Crippen LogP contribution in [0.2, 0.25) is 0 Å². The van der Waals surface area contributed by atoms with Gasteiger partial charge in [0.25, 0.3) is 5.91 Å². The summed E-state index contributed by atoms with van der Waals surface area (Å²) >= 11 is 0. The Morgan fingerprint density at radius 3 is 2.10 bits per heavy atom. The number of carbonyl (C=O) groups excluding carboxylic acids is 2. The van der Waals surface area contributed by atoms with Crippen molar-refractivity contribution in [2.24, 2.45) is 5.14 Å². The van der Waals surface area contributed by atoms with E-state index in [2.05, 4.69) is 17.6 Å². The minimum absolute atomic E-state index is 0.0797. The largest absolute Gasteiger partial charge is 0.508 e. The maximum Gasteiger partial charge on any atom is 0.326 e. The number of rotatable bonds is 17. The van der Waals surface area contributed by atoms with Gasteiger partial charge in [0.15, 0.2) is 6.61 Å². The van der Waals surface area contributed by atoms with E-state index in [0.717, 1.165) is 12.8 Å². The molecule has 0 heterocycles. The second-order valence-corrected chi connectivity index (χ2v) is 11.1. The molecular weight excluding hydrogens is 520 g/mol. The van der Waals surface area contributed by atoms with Crippen molar-refractivity contribution >= 4 is 33.3 Å². The Labute approximate surface area is 232 Å². The van der Waals surface area contributed by atoms with Gasteiger partial charge in [-0.25, -0.2) is 18.4 Å². The molecule has 0 radical (unpaired) electrons. The van der Waals surface area contributed by atoms with E-state index in [4.69, 9.17) is 9.88 Å². The van der Waals surface area contributed by atoms with E-state index in [1.807, 2.05) is 0 Å². The first-order valence-corrected chi connectivity index (χ1v) is 15.1. The Balaban J connectivity index is 1.78. The van der Waals surface area contributed by atoms with E-state index in [0.29, 0.717) is 12.2 Å². The van der Waals surface area contributed by atoms with Gasteiger partial charge in [-0.1, -0.05) is 64.7 Å². The van der Waals surface area contributed by atoms with E-state index in [1.54, 1.807) is 0 Å². The molecule has 2 aromatic carbocycles. The van der Waals surface area contributed by atoms with Crippen LogP contribution in [-0.4, -0.2) is 45.7 Å². The van der Waals surface area contributed by atoms with Crippen LogP contribution in [0.5, 0.6) is 11.5 Å². The highest BCUT2D eigenvalue weighted by atomic mass is 32.2. The lowest BCUT2D eigenvalue weighted by molar-refractivity contribution is -0.123. The van der Waals surface area contributed by atoms with E-state index in [1.165, 1.54) is 106 Å². The minimum Gasteiger partial charge on any atom is -0.508 e. The summed E-state index contributed by atoms with van der Waals surface area (Å²) in [6, 6.07) is 9.03. The van der Waals surface area contributed by atoms with Crippen LogP contribution in [0, 0.1) is 0 Å². The first-order chi connectivity index (χ1) is 18.6. The molecule has 0 aromatic heterocycles. The van der Waals surface area contributed by atoms with Crippen molar-refractivity contribution in [1.29, 1.82) is 0 Å². The summed E-state index contributed by atoms with van der Waals surface area (Å²) in [5, 5.41) is 20.5. The number of benzene rings is 2. The number of primary sulfonamides is 1. The van der Waals surface area contributed by atoms with Gasteiger partial charge < -0.3 is 20.5 Å². The first kappa shape index (κ1) is 31.9. The number of aromatic hydroxyl groups is 1. The molecule has 0 unspecified atom stereocenters. The number of ether oxygens (including phenoxy) is 1. The van der Waals surface area contributed by atoms with Crippen molar-refractivity contribution in [1.82, 2.24) is 5.32 Å². The number of carbonyl (C=O) groups is 2. The van der Waals surface area contributed by atoms with Gasteiger partial charge in [-0.05, 0) is 42.8 Å². The highest BCUT2D eigenvalue weighted by molar-refractivity contribution is 7.89. The topological polar surface area (TPSA) is 151 Å². The summed E-state index contributed by atoms with van der Waals surface area (Å²) < 4.78 is 28.5. The number of unbranched alkanes of at least 4 members (excludes halogenated alkanes) is 9. The second kappa shape index (κ2) is 16.6. The number of amides is 3. The molecule has 2 aromatic rings. The standard InChI is InChI=1S/C28H42N4O6S/c1-3-4-5-6-7-8-9-10-11-12-19-30-27(34)21-38-26-18-15-23(33)20-25(26)32(2)28(35)31-22-13-16-24(17-14-22)39(29,36)37/h13-18,20,33H,3-12,19,21H2,1-2H3,(H,30,34)(H,31,35)(H2,29,36,37). The fraction of sp³-hybridized carbons (Fsp3) is 0.500. The highest BCUT2D eigenvalue weighted by Gasteiger charge is 2.18. The molecule has 0 bridgehead atoms. The molecule has 0 spiro atoms. The maximum absolute atomic E-state index is 12.8. The Morgan fingerprint density at radius 2 is 1.51 bits per heavy atom. The monoisotopic (exact) mass is 562 g/mol. The van der Waals surface area contributed by atoms with Crippen LogP contribution in [0.15, 0.2) is 47.4 Å². The molecule has 10 nitrogen and oxygen atoms in total. The van der Waals surface area contributed by atoms with Gasteiger partial charge in [0.2, 0.25) is 10.0 Å². The van der Waals surface area contributed by atoms with E-state index in [9.17, 15) is 23.1 Å². The summed E-state index contributed by atoms with van der Waals surface area (Å²) in [5.74, 6) is -0.115. The number of phenols is 1. The average molecular weight is 563 g/mol. The van der Waals surface area contributed by atoms with E-state index < -0.39 is 16.1 Å². The number of nitrogens with one attached hydrogen (secondary N) is 2. The summed E-state index contributed by atoms with van der Waals surface area (Å²) in [6.07, 6.45) is 12.2. The number of nitrogens with two attached hydrogens (primary N) is 1. The quantitative estimate of drug-likeness (QED) is 0.196. The van der Waals surface area contributed by atoms with Gasteiger partial charge >= 0.3 is 6.03 Å². The molecule has 2 rings (SSSR count). The Kier molecular flexibility index (Phi) is 13.6. The minimum atomic E-state index is -3.85. The summed E-state index contributed by atoms with van der Waals surface area (Å²) in [5.41, 5.74) is 0.587. The molecule has 216 valence electrons. The van der Waals surface area contributed by atoms with Crippen molar-refractivity contribution < 1.29 is 27.9 Å². The molecule has 39 heavy (non-hydrogen) atoms. The van der Waals surface area contributed by atoms with Crippen LogP contribution in [-0.2, 0) is 14.8 Å². The first-order valence-electron chi connectivity index (χ1n) is 13.5. The van der Waals surface area contributed by atoms with Crippen LogP contribution in [0.25, 0.3) is 0 Å². The fourth-order valence-corrected chi connectivity index (χ4v) is 4.48. The molecule has 0 fully saturated rings. The van der Waals surface area contributed by atoms with Crippen molar-refractivity contribution in [3.05, 3.63) is 42.5 Å². The van der Waals surface area contributed by atoms with Gasteiger partial charge in [-0.3, -0.25) is 9.69 Å². The van der Waals surface area contributed by atoms with Gasteiger partial charge in [-0.2, -0.15) is 0 Å². The molecule has 3 amide bonds. The number of nitrogens with zero attached hydrogens (tertiary/aromatic N) is 1. The predicted octanol–water partition coefficient (Wildman–Crippen LogP) is 5.12. The molecule has 0 saturated carbocycles. The Morgan fingerprint density at radius 1 is 0.923 bits per heavy atom.